The minimum Gasteiger partial charge on any atom is -0.494 e. The van der Waals surface area contributed by atoms with Crippen LogP contribution in [0.2, 0.25) is 0 Å². The van der Waals surface area contributed by atoms with Gasteiger partial charge in [-0.15, -0.1) is 0 Å². The van der Waals surface area contributed by atoms with Gasteiger partial charge in [-0.05, 0) is 44.0 Å². The fraction of sp³-hybridized carbons (Fsp3) is 0.625. The minimum absolute atomic E-state index is 0.110. The van der Waals surface area contributed by atoms with Gasteiger partial charge in [0.25, 0.3) is 6.43 Å². The van der Waals surface area contributed by atoms with Crippen LogP contribution in [0.1, 0.15) is 38.3 Å². The zero-order valence-corrected chi connectivity index (χ0v) is 12.8. The molecule has 0 saturated carbocycles. The van der Waals surface area contributed by atoms with Crippen LogP contribution in [0, 0.1) is 0 Å². The molecule has 0 fully saturated rings. The quantitative estimate of drug-likeness (QED) is 0.631. The van der Waals surface area contributed by atoms with Gasteiger partial charge in [-0.3, -0.25) is 0 Å². The Bertz CT molecular complexity index is 371. The summed E-state index contributed by atoms with van der Waals surface area (Å²) in [6.45, 7) is 5.38. The van der Waals surface area contributed by atoms with Crippen LogP contribution in [0.5, 0.6) is 5.75 Å². The molecular formula is C16H25F2NO2. The van der Waals surface area contributed by atoms with Crippen LogP contribution in [0.3, 0.4) is 0 Å². The first-order valence-corrected chi connectivity index (χ1v) is 7.49. The van der Waals surface area contributed by atoms with E-state index >= 15 is 0 Å². The maximum absolute atomic E-state index is 12.0. The number of rotatable bonds is 11. The van der Waals surface area contributed by atoms with Crippen molar-refractivity contribution in [3.05, 3.63) is 29.8 Å². The Morgan fingerprint density at radius 1 is 1.14 bits per heavy atom. The average molecular weight is 301 g/mol. The first kappa shape index (κ1) is 17.9. The van der Waals surface area contributed by atoms with E-state index in [9.17, 15) is 8.78 Å². The van der Waals surface area contributed by atoms with Gasteiger partial charge in [0.15, 0.2) is 0 Å². The molecular weight excluding hydrogens is 276 g/mol. The SMILES string of the molecule is CCCNC(CCOCC(F)F)c1ccc(OCC)cc1. The Morgan fingerprint density at radius 3 is 2.43 bits per heavy atom. The van der Waals surface area contributed by atoms with Crippen LogP contribution in [0.25, 0.3) is 0 Å². The molecule has 0 radical (unpaired) electrons. The van der Waals surface area contributed by atoms with Gasteiger partial charge in [0, 0.05) is 12.6 Å². The Kier molecular flexibility index (Phi) is 8.94. The smallest absolute Gasteiger partial charge is 0.261 e. The summed E-state index contributed by atoms with van der Waals surface area (Å²) >= 11 is 0. The van der Waals surface area contributed by atoms with Crippen LogP contribution in [0.15, 0.2) is 24.3 Å². The first-order valence-electron chi connectivity index (χ1n) is 7.49. The van der Waals surface area contributed by atoms with E-state index in [0.29, 0.717) is 19.6 Å². The van der Waals surface area contributed by atoms with Crippen molar-refractivity contribution in [3.63, 3.8) is 0 Å². The van der Waals surface area contributed by atoms with E-state index in [1.165, 1.54) is 0 Å². The summed E-state index contributed by atoms with van der Waals surface area (Å²) in [6.07, 6.45) is -0.718. The zero-order valence-electron chi connectivity index (χ0n) is 12.8. The normalized spacial score (nSPS) is 12.6. The summed E-state index contributed by atoms with van der Waals surface area (Å²) in [5.41, 5.74) is 1.12. The van der Waals surface area contributed by atoms with Gasteiger partial charge in [-0.1, -0.05) is 19.1 Å². The van der Waals surface area contributed by atoms with Gasteiger partial charge >= 0.3 is 0 Å². The van der Waals surface area contributed by atoms with Crippen LogP contribution in [-0.4, -0.2) is 32.8 Å². The lowest BCUT2D eigenvalue weighted by Gasteiger charge is -2.19. The molecule has 1 N–H and O–H groups in total. The molecule has 5 heteroatoms. The topological polar surface area (TPSA) is 30.5 Å². The lowest BCUT2D eigenvalue weighted by atomic mass is 10.0. The number of benzene rings is 1. The van der Waals surface area contributed by atoms with Crippen molar-refractivity contribution >= 4 is 0 Å². The van der Waals surface area contributed by atoms with Crippen LogP contribution in [-0.2, 0) is 4.74 Å². The largest absolute Gasteiger partial charge is 0.494 e. The molecule has 1 atom stereocenters. The number of ether oxygens (including phenoxy) is 2. The highest BCUT2D eigenvalue weighted by atomic mass is 19.3. The van der Waals surface area contributed by atoms with E-state index in [-0.39, 0.29) is 6.04 Å². The van der Waals surface area contributed by atoms with Crippen molar-refractivity contribution in [2.45, 2.75) is 39.2 Å². The number of alkyl halides is 2. The van der Waals surface area contributed by atoms with Gasteiger partial charge < -0.3 is 14.8 Å². The molecule has 3 nitrogen and oxygen atoms in total. The van der Waals surface area contributed by atoms with E-state index in [1.54, 1.807) is 0 Å². The molecule has 0 saturated heterocycles. The molecule has 0 aromatic heterocycles. The molecule has 0 aliphatic heterocycles. The molecule has 21 heavy (non-hydrogen) atoms. The van der Waals surface area contributed by atoms with Crippen molar-refractivity contribution in [1.82, 2.24) is 5.32 Å². The summed E-state index contributed by atoms with van der Waals surface area (Å²) < 4.78 is 34.5. The second kappa shape index (κ2) is 10.5. The van der Waals surface area contributed by atoms with Crippen molar-refractivity contribution in [1.29, 1.82) is 0 Å². The number of halogens is 2. The van der Waals surface area contributed by atoms with E-state index in [0.717, 1.165) is 24.3 Å². The van der Waals surface area contributed by atoms with Gasteiger partial charge in [0.05, 0.1) is 6.61 Å². The lowest BCUT2D eigenvalue weighted by Crippen LogP contribution is -2.24. The molecule has 0 heterocycles. The van der Waals surface area contributed by atoms with Crippen LogP contribution < -0.4 is 10.1 Å². The number of hydrogen-bond donors (Lipinski definition) is 1. The maximum Gasteiger partial charge on any atom is 0.261 e. The van der Waals surface area contributed by atoms with Gasteiger partial charge in [-0.25, -0.2) is 8.78 Å². The fourth-order valence-corrected chi connectivity index (χ4v) is 2.04. The summed E-state index contributed by atoms with van der Waals surface area (Å²) in [5, 5.41) is 3.42. The Balaban J connectivity index is 2.54. The van der Waals surface area contributed by atoms with Crippen molar-refractivity contribution in [2.24, 2.45) is 0 Å². The highest BCUT2D eigenvalue weighted by Gasteiger charge is 2.11. The molecule has 1 aromatic rings. The van der Waals surface area contributed by atoms with E-state index in [2.05, 4.69) is 12.2 Å². The summed E-state index contributed by atoms with van der Waals surface area (Å²) in [6, 6.07) is 7.98. The number of hydrogen-bond acceptors (Lipinski definition) is 3. The third-order valence-corrected chi connectivity index (χ3v) is 3.03. The molecule has 0 spiro atoms. The monoisotopic (exact) mass is 301 g/mol. The molecule has 1 aromatic carbocycles. The third-order valence-electron chi connectivity index (χ3n) is 3.03. The third kappa shape index (κ3) is 7.39. The van der Waals surface area contributed by atoms with Crippen LogP contribution >= 0.6 is 0 Å². The predicted molar refractivity (Wildman–Crippen MR) is 80.1 cm³/mol. The van der Waals surface area contributed by atoms with Gasteiger partial charge in [-0.2, -0.15) is 0 Å². The van der Waals surface area contributed by atoms with Crippen molar-refractivity contribution < 1.29 is 18.3 Å². The van der Waals surface area contributed by atoms with E-state index in [4.69, 9.17) is 9.47 Å². The summed E-state index contributed by atoms with van der Waals surface area (Å²) in [4.78, 5) is 0. The van der Waals surface area contributed by atoms with Gasteiger partial charge in [0.2, 0.25) is 0 Å². The standard InChI is InChI=1S/C16H25F2NO2/c1-3-10-19-15(9-11-20-12-16(17)18)13-5-7-14(8-6-13)21-4-2/h5-8,15-16,19H,3-4,9-12H2,1-2H3. The molecule has 1 unspecified atom stereocenters. The molecule has 1 rings (SSSR count). The lowest BCUT2D eigenvalue weighted by molar-refractivity contribution is 0.0143. The van der Waals surface area contributed by atoms with Crippen LogP contribution in [0.4, 0.5) is 8.78 Å². The van der Waals surface area contributed by atoms with E-state index < -0.39 is 13.0 Å². The highest BCUT2D eigenvalue weighted by molar-refractivity contribution is 5.29. The molecule has 120 valence electrons. The van der Waals surface area contributed by atoms with Crippen molar-refractivity contribution in [2.75, 3.05) is 26.4 Å². The molecule has 0 bridgehead atoms. The second-order valence-electron chi connectivity index (χ2n) is 4.76. The fourth-order valence-electron chi connectivity index (χ4n) is 2.04. The number of nitrogens with one attached hydrogen (secondary N) is 1. The second-order valence-corrected chi connectivity index (χ2v) is 4.76. The Morgan fingerprint density at radius 2 is 1.86 bits per heavy atom. The minimum atomic E-state index is -2.41. The first-order chi connectivity index (χ1) is 10.2. The van der Waals surface area contributed by atoms with Crippen molar-refractivity contribution in [3.8, 4) is 5.75 Å². The Labute approximate surface area is 125 Å². The summed E-state index contributed by atoms with van der Waals surface area (Å²) in [7, 11) is 0. The highest BCUT2D eigenvalue weighted by Crippen LogP contribution is 2.20. The predicted octanol–water partition coefficient (Wildman–Crippen LogP) is 3.80. The molecule has 0 aliphatic rings. The maximum atomic E-state index is 12.0. The molecule has 0 aliphatic carbocycles. The van der Waals surface area contributed by atoms with E-state index in [1.807, 2.05) is 31.2 Å². The zero-order chi connectivity index (χ0) is 15.5. The molecule has 0 amide bonds. The Hall–Kier alpha value is -1.20. The summed E-state index contributed by atoms with van der Waals surface area (Å²) in [5.74, 6) is 0.837. The van der Waals surface area contributed by atoms with Gasteiger partial charge in [0.1, 0.15) is 12.4 Å². The average Bonchev–Trinajstić information content (AvgIpc) is 2.48.